The number of hydrogen-bond donors (Lipinski definition) is 2. The highest BCUT2D eigenvalue weighted by molar-refractivity contribution is 6.39. The largest absolute Gasteiger partial charge is 0.352 e. The maximum Gasteiger partial charge on any atom is 0.270 e. The van der Waals surface area contributed by atoms with Gasteiger partial charge in [0.05, 0.1) is 27.6 Å². The second-order valence-corrected chi connectivity index (χ2v) is 6.67. The maximum absolute atomic E-state index is 12.0. The van der Waals surface area contributed by atoms with Crippen LogP contribution in [-0.2, 0) is 0 Å². The van der Waals surface area contributed by atoms with Gasteiger partial charge in [0.1, 0.15) is 5.69 Å². The molecule has 116 valence electrons. The van der Waals surface area contributed by atoms with Gasteiger partial charge in [0.2, 0.25) is 0 Å². The van der Waals surface area contributed by atoms with Crippen LogP contribution < -0.4 is 10.6 Å². The van der Waals surface area contributed by atoms with Crippen LogP contribution >= 0.6 is 23.2 Å². The van der Waals surface area contributed by atoms with Gasteiger partial charge in [-0.25, -0.2) is 4.98 Å². The lowest BCUT2D eigenvalue weighted by Gasteiger charge is -2.20. The minimum atomic E-state index is -0.305. The molecule has 0 saturated carbocycles. The molecule has 0 fully saturated rings. The summed E-state index contributed by atoms with van der Waals surface area (Å²) in [5.74, 6) is -0.213. The van der Waals surface area contributed by atoms with E-state index in [1.54, 1.807) is 36.5 Å². The molecule has 0 aliphatic heterocycles. The van der Waals surface area contributed by atoms with Crippen LogP contribution in [0.25, 0.3) is 0 Å². The molecule has 0 saturated heterocycles. The molecule has 0 bridgehead atoms. The number of benzene rings is 1. The highest BCUT2D eigenvalue weighted by atomic mass is 35.5. The molecule has 1 heterocycles. The molecule has 0 aliphatic rings. The molecule has 2 N–H and O–H groups in total. The lowest BCUT2D eigenvalue weighted by Crippen LogP contribution is -2.40. The molecule has 2 rings (SSSR count). The average molecular weight is 338 g/mol. The number of nitrogens with zero attached hydrogens (tertiary/aromatic N) is 1. The molecular weight excluding hydrogens is 321 g/mol. The Kier molecular flexibility index (Phi) is 4.94. The number of para-hydroxylation sites is 1. The van der Waals surface area contributed by atoms with E-state index in [4.69, 9.17) is 23.2 Å². The van der Waals surface area contributed by atoms with Gasteiger partial charge < -0.3 is 10.6 Å². The first-order valence-corrected chi connectivity index (χ1v) is 7.51. The summed E-state index contributed by atoms with van der Waals surface area (Å²) in [6, 6.07) is 8.66. The van der Waals surface area contributed by atoms with Crippen LogP contribution in [-0.4, -0.2) is 16.4 Å². The number of hydrogen-bond acceptors (Lipinski definition) is 3. The fraction of sp³-hybridized carbons (Fsp3) is 0.250. The Morgan fingerprint density at radius 2 is 1.73 bits per heavy atom. The molecule has 0 unspecified atom stereocenters. The van der Waals surface area contributed by atoms with E-state index < -0.39 is 0 Å². The van der Waals surface area contributed by atoms with Gasteiger partial charge >= 0.3 is 0 Å². The Labute approximate surface area is 139 Å². The molecule has 0 atom stereocenters. The van der Waals surface area contributed by atoms with Crippen molar-refractivity contribution in [1.29, 1.82) is 0 Å². The van der Waals surface area contributed by atoms with Gasteiger partial charge in [-0.2, -0.15) is 0 Å². The summed E-state index contributed by atoms with van der Waals surface area (Å²) in [5, 5.41) is 6.99. The van der Waals surface area contributed by atoms with Crippen LogP contribution in [0.15, 0.2) is 36.5 Å². The van der Waals surface area contributed by atoms with Crippen molar-refractivity contribution in [1.82, 2.24) is 10.3 Å². The normalized spacial score (nSPS) is 11.1. The highest BCUT2D eigenvalue weighted by Crippen LogP contribution is 2.32. The third-order valence-electron chi connectivity index (χ3n) is 2.72. The van der Waals surface area contributed by atoms with E-state index in [0.29, 0.717) is 27.1 Å². The summed E-state index contributed by atoms with van der Waals surface area (Å²) in [4.78, 5) is 16.2. The van der Waals surface area contributed by atoms with E-state index in [1.807, 2.05) is 20.8 Å². The van der Waals surface area contributed by atoms with E-state index in [2.05, 4.69) is 15.6 Å². The topological polar surface area (TPSA) is 54.0 Å². The molecule has 2 aromatic rings. The van der Waals surface area contributed by atoms with Crippen LogP contribution in [0.2, 0.25) is 10.0 Å². The highest BCUT2D eigenvalue weighted by Gasteiger charge is 2.16. The first-order chi connectivity index (χ1) is 10.3. The Bertz CT molecular complexity index is 659. The molecule has 1 amide bonds. The fourth-order valence-corrected chi connectivity index (χ4v) is 2.26. The smallest absolute Gasteiger partial charge is 0.270 e. The molecule has 22 heavy (non-hydrogen) atoms. The number of rotatable bonds is 3. The van der Waals surface area contributed by atoms with Gasteiger partial charge in [-0.15, -0.1) is 0 Å². The zero-order valence-corrected chi connectivity index (χ0v) is 14.1. The van der Waals surface area contributed by atoms with Gasteiger partial charge in [-0.3, -0.25) is 4.79 Å². The average Bonchev–Trinajstić information content (AvgIpc) is 2.42. The van der Waals surface area contributed by atoms with Crippen LogP contribution in [0.3, 0.4) is 0 Å². The minimum absolute atomic E-state index is 0.213. The molecule has 0 spiro atoms. The van der Waals surface area contributed by atoms with Crippen molar-refractivity contribution in [3.8, 4) is 0 Å². The van der Waals surface area contributed by atoms with Gasteiger partial charge in [0.15, 0.2) is 0 Å². The number of anilines is 2. The molecule has 1 aromatic carbocycles. The molecule has 0 aliphatic carbocycles. The van der Waals surface area contributed by atoms with E-state index in [-0.39, 0.29) is 11.4 Å². The number of carbonyl (C=O) groups is 1. The van der Waals surface area contributed by atoms with Crippen molar-refractivity contribution in [3.05, 3.63) is 52.3 Å². The third-order valence-corrected chi connectivity index (χ3v) is 3.35. The monoisotopic (exact) mass is 337 g/mol. The van der Waals surface area contributed by atoms with Gasteiger partial charge in [0.25, 0.3) is 5.91 Å². The van der Waals surface area contributed by atoms with E-state index in [9.17, 15) is 4.79 Å². The second kappa shape index (κ2) is 6.55. The van der Waals surface area contributed by atoms with Crippen molar-refractivity contribution in [2.75, 3.05) is 5.32 Å². The number of pyridine rings is 1. The summed E-state index contributed by atoms with van der Waals surface area (Å²) >= 11 is 12.2. The van der Waals surface area contributed by atoms with Crippen LogP contribution in [0.4, 0.5) is 11.4 Å². The van der Waals surface area contributed by atoms with Crippen LogP contribution in [0.1, 0.15) is 31.3 Å². The van der Waals surface area contributed by atoms with Gasteiger partial charge in [-0.05, 0) is 45.0 Å². The van der Waals surface area contributed by atoms with Crippen molar-refractivity contribution < 1.29 is 4.79 Å². The Morgan fingerprint density at radius 1 is 1.09 bits per heavy atom. The lowest BCUT2D eigenvalue weighted by atomic mass is 10.1. The summed E-state index contributed by atoms with van der Waals surface area (Å²) in [6.07, 6.45) is 1.57. The zero-order chi connectivity index (χ0) is 16.3. The fourth-order valence-electron chi connectivity index (χ4n) is 1.77. The summed E-state index contributed by atoms with van der Waals surface area (Å²) in [7, 11) is 0. The van der Waals surface area contributed by atoms with Gasteiger partial charge in [0, 0.05) is 5.54 Å². The molecule has 0 radical (unpaired) electrons. The standard InChI is InChI=1S/C16H17Cl2N3O/c1-16(2,3)21-15(22)13-8-7-10(9-19-13)20-14-11(17)5-4-6-12(14)18/h4-9,20H,1-3H3,(H,21,22). The molecule has 4 nitrogen and oxygen atoms in total. The van der Waals surface area contributed by atoms with Crippen LogP contribution in [0.5, 0.6) is 0 Å². The Morgan fingerprint density at radius 3 is 2.23 bits per heavy atom. The van der Waals surface area contributed by atoms with Crippen LogP contribution in [0, 0.1) is 0 Å². The van der Waals surface area contributed by atoms with E-state index in [1.165, 1.54) is 0 Å². The van der Waals surface area contributed by atoms with Crippen molar-refractivity contribution in [2.45, 2.75) is 26.3 Å². The quantitative estimate of drug-likeness (QED) is 0.856. The van der Waals surface area contributed by atoms with Gasteiger partial charge in [-0.1, -0.05) is 29.3 Å². The lowest BCUT2D eigenvalue weighted by molar-refractivity contribution is 0.0914. The van der Waals surface area contributed by atoms with Crippen molar-refractivity contribution in [2.24, 2.45) is 0 Å². The maximum atomic E-state index is 12.0. The number of aromatic nitrogens is 1. The first kappa shape index (κ1) is 16.6. The zero-order valence-electron chi connectivity index (χ0n) is 12.6. The summed E-state index contributed by atoms with van der Waals surface area (Å²) in [5.41, 5.74) is 1.35. The Hall–Kier alpha value is -1.78. The van der Waals surface area contributed by atoms with Crippen molar-refractivity contribution in [3.63, 3.8) is 0 Å². The summed E-state index contributed by atoms with van der Waals surface area (Å²) in [6.45, 7) is 5.75. The molecule has 6 heteroatoms. The SMILES string of the molecule is CC(C)(C)NC(=O)c1ccc(Nc2c(Cl)cccc2Cl)cn1. The third kappa shape index (κ3) is 4.36. The van der Waals surface area contributed by atoms with E-state index >= 15 is 0 Å². The molecule has 1 aromatic heterocycles. The Balaban J connectivity index is 2.14. The minimum Gasteiger partial charge on any atom is -0.352 e. The molecular formula is C16H17Cl2N3O. The number of carbonyl (C=O) groups excluding carboxylic acids is 1. The summed E-state index contributed by atoms with van der Waals surface area (Å²) < 4.78 is 0. The predicted molar refractivity (Wildman–Crippen MR) is 91.2 cm³/mol. The van der Waals surface area contributed by atoms with E-state index in [0.717, 1.165) is 0 Å². The number of nitrogens with one attached hydrogen (secondary N) is 2. The van der Waals surface area contributed by atoms with Crippen molar-refractivity contribution >= 4 is 40.5 Å². The number of halogens is 2. The first-order valence-electron chi connectivity index (χ1n) is 6.76. The number of amides is 1. The predicted octanol–water partition coefficient (Wildman–Crippen LogP) is 4.66. The second-order valence-electron chi connectivity index (χ2n) is 5.86.